The summed E-state index contributed by atoms with van der Waals surface area (Å²) in [4.78, 5) is 10.5. The number of carboxylic acids is 1. The van der Waals surface area contributed by atoms with E-state index in [1.807, 2.05) is 6.07 Å². The van der Waals surface area contributed by atoms with Crippen LogP contribution in [0.25, 0.3) is 6.08 Å². The first-order valence-electron chi connectivity index (χ1n) is 7.34. The molecular formula is C18H18ClNO4. The predicted octanol–water partition coefficient (Wildman–Crippen LogP) is 3.29. The topological polar surface area (TPSA) is 78.8 Å². The van der Waals surface area contributed by atoms with Gasteiger partial charge in [0.1, 0.15) is 18.5 Å². The van der Waals surface area contributed by atoms with E-state index in [4.69, 9.17) is 21.4 Å². The van der Waals surface area contributed by atoms with E-state index in [9.17, 15) is 9.90 Å². The summed E-state index contributed by atoms with van der Waals surface area (Å²) in [6.07, 6.45) is 1.89. The van der Waals surface area contributed by atoms with Gasteiger partial charge in [-0.15, -0.1) is 0 Å². The average Bonchev–Trinajstić information content (AvgIpc) is 2.58. The number of halogens is 1. The Morgan fingerprint density at radius 2 is 2.00 bits per heavy atom. The molecule has 126 valence electrons. The molecule has 1 atom stereocenters. The minimum absolute atomic E-state index is 0.146. The van der Waals surface area contributed by atoms with E-state index in [1.165, 1.54) is 6.08 Å². The van der Waals surface area contributed by atoms with Crippen LogP contribution in [0.2, 0.25) is 5.02 Å². The number of hydrogen-bond acceptors (Lipinski definition) is 4. The maximum Gasteiger partial charge on any atom is 0.328 e. The fraction of sp³-hybridized carbons (Fsp3) is 0.167. The van der Waals surface area contributed by atoms with Gasteiger partial charge in [-0.1, -0.05) is 23.7 Å². The van der Waals surface area contributed by atoms with Crippen LogP contribution in [-0.4, -0.2) is 35.4 Å². The third-order valence-corrected chi connectivity index (χ3v) is 3.35. The van der Waals surface area contributed by atoms with E-state index in [0.717, 1.165) is 17.3 Å². The molecule has 0 fully saturated rings. The fourth-order valence-corrected chi connectivity index (χ4v) is 2.06. The molecule has 0 saturated carbocycles. The molecule has 0 aliphatic heterocycles. The van der Waals surface area contributed by atoms with Crippen molar-refractivity contribution in [3.8, 4) is 5.75 Å². The number of hydrogen-bond donors (Lipinski definition) is 3. The molecule has 0 heterocycles. The molecule has 2 rings (SSSR count). The van der Waals surface area contributed by atoms with Crippen molar-refractivity contribution in [1.29, 1.82) is 0 Å². The Morgan fingerprint density at radius 3 is 2.71 bits per heavy atom. The zero-order chi connectivity index (χ0) is 17.4. The van der Waals surface area contributed by atoms with Gasteiger partial charge in [-0.3, -0.25) is 0 Å². The Bertz CT molecular complexity index is 700. The average molecular weight is 348 g/mol. The molecule has 3 N–H and O–H groups in total. The van der Waals surface area contributed by atoms with Crippen molar-refractivity contribution in [1.82, 2.24) is 0 Å². The Kier molecular flexibility index (Phi) is 6.66. The van der Waals surface area contributed by atoms with E-state index in [1.54, 1.807) is 42.5 Å². The Labute approximate surface area is 145 Å². The number of nitrogens with one attached hydrogen (secondary N) is 1. The van der Waals surface area contributed by atoms with Gasteiger partial charge in [0.05, 0.1) is 0 Å². The Morgan fingerprint density at radius 1 is 1.25 bits per heavy atom. The lowest BCUT2D eigenvalue weighted by molar-refractivity contribution is -0.131. The van der Waals surface area contributed by atoms with Crippen molar-refractivity contribution in [3.05, 3.63) is 65.2 Å². The molecule has 0 aromatic heterocycles. The van der Waals surface area contributed by atoms with E-state index < -0.39 is 12.1 Å². The summed E-state index contributed by atoms with van der Waals surface area (Å²) in [5, 5.41) is 22.3. The highest BCUT2D eigenvalue weighted by Gasteiger charge is 2.05. The Hall–Kier alpha value is -2.50. The van der Waals surface area contributed by atoms with Crippen LogP contribution in [0.5, 0.6) is 5.75 Å². The quantitative estimate of drug-likeness (QED) is 0.639. The summed E-state index contributed by atoms with van der Waals surface area (Å²) in [6, 6.07) is 14.2. The summed E-state index contributed by atoms with van der Waals surface area (Å²) in [5.41, 5.74) is 1.54. The summed E-state index contributed by atoms with van der Waals surface area (Å²) >= 11 is 5.79. The van der Waals surface area contributed by atoms with Crippen LogP contribution >= 0.6 is 11.6 Å². The first kappa shape index (κ1) is 17.8. The lowest BCUT2D eigenvalue weighted by atomic mass is 10.2. The largest absolute Gasteiger partial charge is 0.491 e. The molecule has 5 nitrogen and oxygen atoms in total. The minimum Gasteiger partial charge on any atom is -0.491 e. The zero-order valence-corrected chi connectivity index (χ0v) is 13.6. The van der Waals surface area contributed by atoms with E-state index >= 15 is 0 Å². The summed E-state index contributed by atoms with van der Waals surface area (Å²) in [5.74, 6) is -0.359. The molecule has 1 unspecified atom stereocenters. The van der Waals surface area contributed by atoms with E-state index in [0.29, 0.717) is 17.3 Å². The highest BCUT2D eigenvalue weighted by molar-refractivity contribution is 6.30. The lowest BCUT2D eigenvalue weighted by Crippen LogP contribution is -2.26. The SMILES string of the molecule is O=C(O)C=Cc1cccc(NCC(O)COc2ccc(Cl)cc2)c1. The van der Waals surface area contributed by atoms with Crippen molar-refractivity contribution < 1.29 is 19.7 Å². The normalized spacial score (nSPS) is 12.1. The molecule has 2 aromatic rings. The van der Waals surface area contributed by atoms with Gasteiger partial charge in [0.2, 0.25) is 0 Å². The molecule has 0 spiro atoms. The number of ether oxygens (including phenoxy) is 1. The van der Waals surface area contributed by atoms with Crippen LogP contribution in [0, 0.1) is 0 Å². The van der Waals surface area contributed by atoms with Crippen molar-refractivity contribution in [2.45, 2.75) is 6.10 Å². The smallest absolute Gasteiger partial charge is 0.328 e. The third kappa shape index (κ3) is 6.32. The van der Waals surface area contributed by atoms with Crippen LogP contribution in [0.1, 0.15) is 5.56 Å². The van der Waals surface area contributed by atoms with Gasteiger partial charge >= 0.3 is 5.97 Å². The number of carboxylic acid groups (broad SMARTS) is 1. The number of aliphatic hydroxyl groups excluding tert-OH is 1. The molecular weight excluding hydrogens is 330 g/mol. The van der Waals surface area contributed by atoms with Crippen molar-refractivity contribution >= 4 is 29.3 Å². The van der Waals surface area contributed by atoms with Crippen LogP contribution < -0.4 is 10.1 Å². The van der Waals surface area contributed by atoms with Crippen molar-refractivity contribution in [2.24, 2.45) is 0 Å². The first-order valence-corrected chi connectivity index (χ1v) is 7.72. The van der Waals surface area contributed by atoms with Gasteiger partial charge in [-0.25, -0.2) is 4.79 Å². The molecule has 0 radical (unpaired) electrons. The minimum atomic E-state index is -0.997. The molecule has 6 heteroatoms. The van der Waals surface area contributed by atoms with Crippen LogP contribution in [-0.2, 0) is 4.79 Å². The number of aliphatic carboxylic acids is 1. The third-order valence-electron chi connectivity index (χ3n) is 3.10. The summed E-state index contributed by atoms with van der Waals surface area (Å²) in [7, 11) is 0. The highest BCUT2D eigenvalue weighted by Crippen LogP contribution is 2.16. The molecule has 0 amide bonds. The second-order valence-electron chi connectivity index (χ2n) is 5.10. The zero-order valence-electron chi connectivity index (χ0n) is 12.9. The maximum atomic E-state index is 10.5. The summed E-state index contributed by atoms with van der Waals surface area (Å²) < 4.78 is 5.47. The first-order chi connectivity index (χ1) is 11.5. The highest BCUT2D eigenvalue weighted by atomic mass is 35.5. The standard InChI is InChI=1S/C18H18ClNO4/c19-14-5-7-17(8-6-14)24-12-16(21)11-20-15-3-1-2-13(10-15)4-9-18(22)23/h1-10,16,20-21H,11-12H2,(H,22,23). The fourth-order valence-electron chi connectivity index (χ4n) is 1.94. The molecule has 0 aliphatic rings. The van der Waals surface area contributed by atoms with Crippen molar-refractivity contribution in [3.63, 3.8) is 0 Å². The van der Waals surface area contributed by atoms with Gasteiger partial charge in [-0.2, -0.15) is 0 Å². The number of aliphatic hydroxyl groups is 1. The van der Waals surface area contributed by atoms with Gasteiger partial charge in [0.15, 0.2) is 0 Å². The van der Waals surface area contributed by atoms with Gasteiger partial charge < -0.3 is 20.3 Å². The number of benzene rings is 2. The van der Waals surface area contributed by atoms with Gasteiger partial charge in [0, 0.05) is 23.3 Å². The molecule has 24 heavy (non-hydrogen) atoms. The van der Waals surface area contributed by atoms with E-state index in [2.05, 4.69) is 5.32 Å². The maximum absolute atomic E-state index is 10.5. The van der Waals surface area contributed by atoms with Crippen molar-refractivity contribution in [2.75, 3.05) is 18.5 Å². The number of carbonyl (C=O) groups is 1. The van der Waals surface area contributed by atoms with Crippen LogP contribution in [0.15, 0.2) is 54.6 Å². The second-order valence-corrected chi connectivity index (χ2v) is 5.53. The second kappa shape index (κ2) is 8.96. The van der Waals surface area contributed by atoms with Crippen LogP contribution in [0.4, 0.5) is 5.69 Å². The Balaban J connectivity index is 1.80. The number of rotatable bonds is 8. The lowest BCUT2D eigenvalue weighted by Gasteiger charge is -2.14. The monoisotopic (exact) mass is 347 g/mol. The molecule has 0 bridgehead atoms. The molecule has 0 aliphatic carbocycles. The predicted molar refractivity (Wildman–Crippen MR) is 94.6 cm³/mol. The van der Waals surface area contributed by atoms with Crippen LogP contribution in [0.3, 0.4) is 0 Å². The number of anilines is 1. The van der Waals surface area contributed by atoms with Gasteiger partial charge in [-0.05, 0) is 48.0 Å². The van der Waals surface area contributed by atoms with Gasteiger partial charge in [0.25, 0.3) is 0 Å². The van der Waals surface area contributed by atoms with E-state index in [-0.39, 0.29) is 6.61 Å². The summed E-state index contributed by atoms with van der Waals surface area (Å²) in [6.45, 7) is 0.451. The molecule has 2 aromatic carbocycles. The molecule has 0 saturated heterocycles.